The number of halogens is 10. The molecule has 18 aromatic rings. The van der Waals surface area contributed by atoms with Crippen molar-refractivity contribution in [3.63, 3.8) is 0 Å². The number of thiophene rings is 3. The molecule has 11 aromatic heterocycles. The number of aliphatic hydroxyl groups excluding tert-OH is 2. The minimum absolute atomic E-state index is 0.0123. The lowest BCUT2D eigenvalue weighted by Gasteiger charge is -2.10. The van der Waals surface area contributed by atoms with E-state index in [-0.39, 0.29) is 88.7 Å². The summed E-state index contributed by atoms with van der Waals surface area (Å²) in [5.41, 5.74) is 10.0. The summed E-state index contributed by atoms with van der Waals surface area (Å²) in [5, 5.41) is 66.9. The van der Waals surface area contributed by atoms with Gasteiger partial charge in [-0.15, -0.1) is 0 Å². The average Bonchev–Trinajstić information content (AvgIpc) is 1.60. The molecule has 18 rings (SSSR count). The predicted octanol–water partition coefficient (Wildman–Crippen LogP) is 18.7. The van der Waals surface area contributed by atoms with Crippen LogP contribution in [0.15, 0.2) is 269 Å². The Kier molecular flexibility index (Phi) is 30.9. The van der Waals surface area contributed by atoms with E-state index in [1.54, 1.807) is 120 Å². The van der Waals surface area contributed by atoms with Crippen molar-refractivity contribution >= 4 is 188 Å². The molecular formula is C90H70B2Br2F7IN8O15S6. The van der Waals surface area contributed by atoms with Crippen LogP contribution < -0.4 is 25.1 Å². The summed E-state index contributed by atoms with van der Waals surface area (Å²) in [6, 6.07) is 40.3. The van der Waals surface area contributed by atoms with Gasteiger partial charge in [0.05, 0.1) is 49.2 Å². The van der Waals surface area contributed by atoms with Gasteiger partial charge in [-0.3, -0.25) is 0 Å². The zero-order valence-electron chi connectivity index (χ0n) is 69.0. The van der Waals surface area contributed by atoms with Crippen LogP contribution in [0.1, 0.15) is 27.8 Å². The highest BCUT2D eigenvalue weighted by molar-refractivity contribution is 14.1. The standard InChI is InChI=1S/C25H18F2N2O3S2.C21H15BrF2N2O3S.C18H12F2N2OS.C14H10BrIN2O2S.C8H10BFO4.C4H5BO2S/c1-15-3-5-19(6-4-15)34(30,31)29-13-22(20-10-18(26)11-23(27)24(20)32-2)21-9-17(12-28-25(21)29)16-7-8-33-14-16;1-12-2-4-15(5-3-12)30(28,29)26-10-18(17-6-13(22)9-25-21(17)26)16-7-14(23)8-20(24)19(16)11-27;1-23-17-13(5-12(19)6-16(17)20)15-8-22-18-14(15)4-11(7-21-18)10-2-3-24-9-10;1-9-2-4-11(5-3-9)21(19,20)18-8-13(16)12-6-10(15)7-17-14(12)18;1-14-8-6(9(12)13)2-5(4-11)3-7(8)10;6-5(7)4-1-2-8-3-4/h3-14H,1-2H3;2-10,27H,11H2,1H3;2-9H,1H3,(H,21,22);2-8H,1H3;2-3,11-13H,4H2,1H3;1-3,6-7H. The molecule has 0 aliphatic rings. The van der Waals surface area contributed by atoms with Gasteiger partial charge in [0, 0.05) is 152 Å². The molecule has 0 bridgehead atoms. The first kappa shape index (κ1) is 97.3. The van der Waals surface area contributed by atoms with E-state index >= 15 is 0 Å². The molecule has 0 unspecified atom stereocenters. The van der Waals surface area contributed by atoms with E-state index < -0.39 is 91.6 Å². The fourth-order valence-electron chi connectivity index (χ4n) is 13.5. The first-order valence-electron chi connectivity index (χ1n) is 38.3. The number of ether oxygens (including phenoxy) is 3. The Morgan fingerprint density at radius 1 is 0.420 bits per heavy atom. The minimum Gasteiger partial charge on any atom is -0.494 e. The van der Waals surface area contributed by atoms with Gasteiger partial charge in [0.15, 0.2) is 51.6 Å². The van der Waals surface area contributed by atoms with E-state index in [0.717, 1.165) is 96.0 Å². The summed E-state index contributed by atoms with van der Waals surface area (Å²) in [7, 11) is -11.0. The normalized spacial score (nSPS) is 11.4. The highest BCUT2D eigenvalue weighted by atomic mass is 127. The SMILES string of the molecule is COc1c(F)cc(CO)cc1B(O)O.COc1c(F)cc(F)cc1-c1c[nH]c2ncc(-c3ccsc3)cc12.COc1c(F)cc(F)cc1-c1cn(S(=O)(=O)c2ccc(C)cc2)c2ncc(-c3ccsc3)cc12.Cc1ccc(S(=O)(=O)n2cc(-c3cc(F)cc(F)c3CO)c3cc(Br)cnc32)cc1.Cc1ccc(S(=O)(=O)n2cc(I)c3cc(Br)cnc32)cc1.OB(O)c1ccsc1. The fourth-order valence-corrected chi connectivity index (χ4v) is 21.0. The number of nitrogens with one attached hydrogen (secondary N) is 1. The van der Waals surface area contributed by atoms with Gasteiger partial charge in [-0.05, 0) is 232 Å². The second-order valence-electron chi connectivity index (χ2n) is 28.6. The lowest BCUT2D eigenvalue weighted by molar-refractivity contribution is 0.276. The molecule has 131 heavy (non-hydrogen) atoms. The predicted molar refractivity (Wildman–Crippen MR) is 509 cm³/mol. The number of hydrogen-bond donors (Lipinski definition) is 7. The van der Waals surface area contributed by atoms with Crippen molar-refractivity contribution < 1.29 is 101 Å². The number of hydrogen-bond acceptors (Lipinski definition) is 22. The molecular weight excluding hydrogens is 2070 g/mol. The Labute approximate surface area is 787 Å². The van der Waals surface area contributed by atoms with Crippen LogP contribution in [0.5, 0.6) is 17.2 Å². The molecule has 0 amide bonds. The van der Waals surface area contributed by atoms with Crippen LogP contribution in [0.25, 0.3) is 99.8 Å². The number of aromatic amines is 1. The Morgan fingerprint density at radius 3 is 1.26 bits per heavy atom. The van der Waals surface area contributed by atoms with Crippen molar-refractivity contribution in [1.29, 1.82) is 0 Å². The van der Waals surface area contributed by atoms with Crippen LogP contribution in [0.2, 0.25) is 0 Å². The number of rotatable bonds is 18. The molecule has 0 atom stereocenters. The third kappa shape index (κ3) is 21.4. The number of benzene rings is 7. The molecule has 41 heteroatoms. The smallest absolute Gasteiger partial charge is 0.492 e. The Hall–Kier alpha value is -11.3. The summed E-state index contributed by atoms with van der Waals surface area (Å²) >= 11 is 13.3. The maximum Gasteiger partial charge on any atom is 0.492 e. The van der Waals surface area contributed by atoms with Crippen LogP contribution in [-0.2, 0) is 43.3 Å². The van der Waals surface area contributed by atoms with E-state index in [1.165, 1.54) is 103 Å². The molecule has 0 fully saturated rings. The second-order valence-corrected chi connectivity index (χ2v) is 39.3. The maximum absolute atomic E-state index is 14.5. The Bertz CT molecular complexity index is 7590. The second kappa shape index (κ2) is 41.7. The van der Waals surface area contributed by atoms with Crippen molar-refractivity contribution in [3.8, 4) is 72.9 Å². The summed E-state index contributed by atoms with van der Waals surface area (Å²) in [6.45, 7) is 4.57. The Balaban J connectivity index is 0.000000139. The van der Waals surface area contributed by atoms with Crippen molar-refractivity contribution in [2.45, 2.75) is 48.7 Å². The zero-order chi connectivity index (χ0) is 94.2. The first-order chi connectivity index (χ1) is 62.5. The van der Waals surface area contributed by atoms with Gasteiger partial charge in [0.1, 0.15) is 28.9 Å². The number of pyridine rings is 4. The summed E-state index contributed by atoms with van der Waals surface area (Å²) in [5.74, 6) is -5.97. The molecule has 0 aliphatic heterocycles. The summed E-state index contributed by atoms with van der Waals surface area (Å²) < 4.78 is 198. The van der Waals surface area contributed by atoms with E-state index in [4.69, 9.17) is 34.7 Å². The highest BCUT2D eigenvalue weighted by Crippen LogP contribution is 2.44. The van der Waals surface area contributed by atoms with Crippen molar-refractivity contribution in [2.75, 3.05) is 21.3 Å². The number of aromatic nitrogens is 8. The number of nitrogens with zero attached hydrogens (tertiary/aromatic N) is 7. The average molecular weight is 2140 g/mol. The van der Waals surface area contributed by atoms with Gasteiger partial charge in [-0.2, -0.15) is 34.0 Å². The largest absolute Gasteiger partial charge is 0.494 e. The lowest BCUT2D eigenvalue weighted by atomic mass is 9.78. The molecule has 0 radical (unpaired) electrons. The van der Waals surface area contributed by atoms with Gasteiger partial charge in [0.25, 0.3) is 30.1 Å². The fraction of sp³-hybridized carbons (Fsp3) is 0.0889. The maximum atomic E-state index is 14.5. The Morgan fingerprint density at radius 2 is 0.824 bits per heavy atom. The van der Waals surface area contributed by atoms with Crippen molar-refractivity contribution in [2.24, 2.45) is 0 Å². The number of methoxy groups -OCH3 is 3. The first-order valence-corrected chi connectivity index (χ1v) is 48.2. The van der Waals surface area contributed by atoms with E-state index in [9.17, 15) is 61.1 Å². The highest BCUT2D eigenvalue weighted by Gasteiger charge is 2.30. The van der Waals surface area contributed by atoms with Gasteiger partial charge < -0.3 is 49.5 Å². The third-order valence-corrected chi connectivity index (χ3v) is 28.7. The van der Waals surface area contributed by atoms with E-state index in [2.05, 4.69) is 84.1 Å². The number of fused-ring (bicyclic) bond motifs is 4. The van der Waals surface area contributed by atoms with E-state index in [0.29, 0.717) is 49.2 Å². The van der Waals surface area contributed by atoms with E-state index in [1.807, 2.05) is 66.6 Å². The van der Waals surface area contributed by atoms with Crippen LogP contribution >= 0.6 is 88.5 Å². The lowest BCUT2D eigenvalue weighted by Crippen LogP contribution is -2.32. The van der Waals surface area contributed by atoms with Gasteiger partial charge in [-0.25, -0.2) is 87.8 Å². The molecule has 0 spiro atoms. The molecule has 672 valence electrons. The summed E-state index contributed by atoms with van der Waals surface area (Å²) in [4.78, 5) is 20.7. The molecule has 0 saturated carbocycles. The number of H-pyrrole nitrogens is 1. The van der Waals surface area contributed by atoms with Crippen molar-refractivity contribution in [1.82, 2.24) is 36.8 Å². The van der Waals surface area contributed by atoms with Gasteiger partial charge in [-0.1, -0.05) is 65.2 Å². The minimum atomic E-state index is -4.05. The van der Waals surface area contributed by atoms with Crippen LogP contribution in [0.3, 0.4) is 0 Å². The van der Waals surface area contributed by atoms with Crippen LogP contribution in [0, 0.1) is 65.1 Å². The molecule has 0 saturated heterocycles. The molecule has 11 heterocycles. The number of aliphatic hydroxyl groups is 2. The zero-order valence-corrected chi connectivity index (χ0v) is 79.2. The molecule has 23 nitrogen and oxygen atoms in total. The van der Waals surface area contributed by atoms with Crippen LogP contribution in [0.4, 0.5) is 30.7 Å². The van der Waals surface area contributed by atoms with Gasteiger partial charge >= 0.3 is 14.2 Å². The third-order valence-electron chi connectivity index (χ3n) is 19.9. The topological polar surface area (TPSA) is 334 Å². The van der Waals surface area contributed by atoms with Crippen LogP contribution in [-0.4, -0.2) is 128 Å². The quantitative estimate of drug-likeness (QED) is 0.0238. The van der Waals surface area contributed by atoms with Crippen molar-refractivity contribution in [3.05, 3.63) is 327 Å². The van der Waals surface area contributed by atoms with Gasteiger partial charge in [0.2, 0.25) is 0 Å². The summed E-state index contributed by atoms with van der Waals surface area (Å²) in [6.07, 6.45) is 12.3. The number of aryl methyl sites for hydroxylation is 3. The molecule has 7 N–H and O–H groups in total. The monoisotopic (exact) mass is 2130 g/mol. The molecule has 0 aliphatic carbocycles. The molecule has 7 aromatic carbocycles.